The molecule has 27 heavy (non-hydrogen) atoms. The highest BCUT2D eigenvalue weighted by Gasteiger charge is 2.13. The zero-order valence-corrected chi connectivity index (χ0v) is 15.8. The molecule has 4 N–H and O–H groups in total. The van der Waals surface area contributed by atoms with Crippen LogP contribution >= 0.6 is 0 Å². The van der Waals surface area contributed by atoms with Crippen molar-refractivity contribution in [2.45, 2.75) is 32.7 Å². The van der Waals surface area contributed by atoms with Crippen molar-refractivity contribution < 1.29 is 0 Å². The van der Waals surface area contributed by atoms with Gasteiger partial charge in [-0.3, -0.25) is 0 Å². The molecule has 3 aromatic rings. The summed E-state index contributed by atoms with van der Waals surface area (Å²) in [7, 11) is 0. The molecule has 0 saturated carbocycles. The van der Waals surface area contributed by atoms with Gasteiger partial charge in [0, 0.05) is 18.7 Å². The van der Waals surface area contributed by atoms with E-state index < -0.39 is 0 Å². The summed E-state index contributed by atoms with van der Waals surface area (Å²) in [6, 6.07) is 20.2. The lowest BCUT2D eigenvalue weighted by Crippen LogP contribution is -2.12. The van der Waals surface area contributed by atoms with Gasteiger partial charge in [0.25, 0.3) is 0 Å². The molecular formula is C22H27N5. The molecule has 1 heterocycles. The van der Waals surface area contributed by atoms with Crippen molar-refractivity contribution in [1.82, 2.24) is 9.97 Å². The third kappa shape index (κ3) is 5.20. The van der Waals surface area contributed by atoms with Crippen LogP contribution in [-0.2, 0) is 6.54 Å². The molecule has 0 amide bonds. The first kappa shape index (κ1) is 18.7. The lowest BCUT2D eigenvalue weighted by molar-refractivity contribution is 0.742. The maximum absolute atomic E-state index is 6.36. The van der Waals surface area contributed by atoms with Crippen molar-refractivity contribution in [2.75, 3.05) is 22.9 Å². The Bertz CT molecular complexity index is 834. The highest BCUT2D eigenvalue weighted by atomic mass is 15.1. The molecule has 5 nitrogen and oxygen atoms in total. The van der Waals surface area contributed by atoms with Crippen LogP contribution in [-0.4, -0.2) is 16.5 Å². The van der Waals surface area contributed by atoms with Gasteiger partial charge in [-0.25, -0.2) is 9.97 Å². The van der Waals surface area contributed by atoms with E-state index in [1.165, 1.54) is 18.4 Å². The number of hydrogen-bond donors (Lipinski definition) is 3. The SMILES string of the molecule is CCCCCNc1nc(-c2ccccc2)nc(NCc2ccccc2)c1N. The van der Waals surface area contributed by atoms with E-state index in [2.05, 4.69) is 39.7 Å². The lowest BCUT2D eigenvalue weighted by Gasteiger charge is -2.15. The smallest absolute Gasteiger partial charge is 0.164 e. The van der Waals surface area contributed by atoms with E-state index in [1.807, 2.05) is 48.5 Å². The average Bonchev–Trinajstić information content (AvgIpc) is 2.72. The summed E-state index contributed by atoms with van der Waals surface area (Å²) in [6.07, 6.45) is 3.45. The Morgan fingerprint density at radius 2 is 1.44 bits per heavy atom. The Morgan fingerprint density at radius 1 is 0.815 bits per heavy atom. The molecule has 0 bridgehead atoms. The molecule has 0 fully saturated rings. The van der Waals surface area contributed by atoms with Gasteiger partial charge < -0.3 is 16.4 Å². The van der Waals surface area contributed by atoms with E-state index >= 15 is 0 Å². The number of nitrogens with two attached hydrogens (primary N) is 1. The molecule has 0 aliphatic carbocycles. The first-order valence-corrected chi connectivity index (χ1v) is 9.52. The number of nitrogens with zero attached hydrogens (tertiary/aromatic N) is 2. The fourth-order valence-corrected chi connectivity index (χ4v) is 2.82. The van der Waals surface area contributed by atoms with Crippen molar-refractivity contribution >= 4 is 17.3 Å². The van der Waals surface area contributed by atoms with Crippen LogP contribution in [0, 0.1) is 0 Å². The first-order valence-electron chi connectivity index (χ1n) is 9.52. The van der Waals surface area contributed by atoms with Crippen LogP contribution in [0.5, 0.6) is 0 Å². The van der Waals surface area contributed by atoms with Crippen LogP contribution in [0.15, 0.2) is 60.7 Å². The molecule has 0 saturated heterocycles. The summed E-state index contributed by atoms with van der Waals surface area (Å²) in [5, 5.41) is 6.75. The van der Waals surface area contributed by atoms with Crippen LogP contribution in [0.3, 0.4) is 0 Å². The van der Waals surface area contributed by atoms with E-state index in [-0.39, 0.29) is 0 Å². The Kier molecular flexibility index (Phi) is 6.63. The molecular weight excluding hydrogens is 334 g/mol. The van der Waals surface area contributed by atoms with Crippen LogP contribution < -0.4 is 16.4 Å². The number of rotatable bonds is 9. The van der Waals surface area contributed by atoms with E-state index in [9.17, 15) is 0 Å². The molecule has 3 rings (SSSR count). The zero-order chi connectivity index (χ0) is 18.9. The number of unbranched alkanes of at least 4 members (excludes halogenated alkanes) is 2. The fraction of sp³-hybridized carbons (Fsp3) is 0.273. The summed E-state index contributed by atoms with van der Waals surface area (Å²) in [5.74, 6) is 2.01. The second-order valence-corrected chi connectivity index (χ2v) is 6.50. The topological polar surface area (TPSA) is 75.9 Å². The third-order valence-electron chi connectivity index (χ3n) is 4.35. The highest BCUT2D eigenvalue weighted by Crippen LogP contribution is 2.28. The minimum Gasteiger partial charge on any atom is -0.393 e. The Morgan fingerprint density at radius 3 is 2.11 bits per heavy atom. The predicted molar refractivity (Wildman–Crippen MR) is 114 cm³/mol. The summed E-state index contributed by atoms with van der Waals surface area (Å²) in [5.41, 5.74) is 9.06. The van der Waals surface area contributed by atoms with Crippen LogP contribution in [0.1, 0.15) is 31.7 Å². The van der Waals surface area contributed by atoms with Gasteiger partial charge in [0.15, 0.2) is 17.5 Å². The second kappa shape index (κ2) is 9.57. The van der Waals surface area contributed by atoms with Gasteiger partial charge in [0.1, 0.15) is 5.69 Å². The van der Waals surface area contributed by atoms with Crippen molar-refractivity contribution in [3.63, 3.8) is 0 Å². The number of aromatic nitrogens is 2. The van der Waals surface area contributed by atoms with Crippen LogP contribution in [0.25, 0.3) is 11.4 Å². The summed E-state index contributed by atoms with van der Waals surface area (Å²) < 4.78 is 0. The van der Waals surface area contributed by atoms with Crippen molar-refractivity contribution in [2.24, 2.45) is 0 Å². The molecule has 1 aromatic heterocycles. The summed E-state index contributed by atoms with van der Waals surface area (Å²) in [6.45, 7) is 3.70. The molecule has 140 valence electrons. The van der Waals surface area contributed by atoms with Gasteiger partial charge >= 0.3 is 0 Å². The summed E-state index contributed by atoms with van der Waals surface area (Å²) in [4.78, 5) is 9.34. The maximum Gasteiger partial charge on any atom is 0.164 e. The van der Waals surface area contributed by atoms with Gasteiger partial charge in [-0.1, -0.05) is 80.4 Å². The maximum atomic E-state index is 6.36. The number of nitrogen functional groups attached to an aromatic ring is 1. The van der Waals surface area contributed by atoms with E-state index in [1.54, 1.807) is 0 Å². The number of anilines is 3. The standard InChI is InChI=1S/C22H27N5/c1-2-3-10-15-24-21-19(23)22(25-16-17-11-6-4-7-12-17)27-20(26-21)18-13-8-5-9-14-18/h4-9,11-14H,2-3,10,15-16,23H2,1H3,(H2,24,25,26,27). The molecule has 0 spiro atoms. The Hall–Kier alpha value is -3.08. The normalized spacial score (nSPS) is 10.6. The van der Waals surface area contributed by atoms with Gasteiger partial charge in [0.05, 0.1) is 0 Å². The molecule has 0 atom stereocenters. The van der Waals surface area contributed by atoms with Gasteiger partial charge in [-0.05, 0) is 12.0 Å². The van der Waals surface area contributed by atoms with Gasteiger partial charge in [-0.2, -0.15) is 0 Å². The van der Waals surface area contributed by atoms with E-state index in [4.69, 9.17) is 5.73 Å². The molecule has 5 heteroatoms. The minimum absolute atomic E-state index is 0.558. The Labute approximate surface area is 161 Å². The second-order valence-electron chi connectivity index (χ2n) is 6.50. The van der Waals surface area contributed by atoms with Gasteiger partial charge in [-0.15, -0.1) is 0 Å². The van der Waals surface area contributed by atoms with Crippen molar-refractivity contribution in [3.8, 4) is 11.4 Å². The van der Waals surface area contributed by atoms with Crippen LogP contribution in [0.2, 0.25) is 0 Å². The number of nitrogens with one attached hydrogen (secondary N) is 2. The monoisotopic (exact) mass is 361 g/mol. The third-order valence-corrected chi connectivity index (χ3v) is 4.35. The quantitative estimate of drug-likeness (QED) is 0.471. The molecule has 0 aliphatic rings. The predicted octanol–water partition coefficient (Wildman–Crippen LogP) is 4.94. The van der Waals surface area contributed by atoms with E-state index in [0.717, 1.165) is 18.5 Å². The fourth-order valence-electron chi connectivity index (χ4n) is 2.82. The van der Waals surface area contributed by atoms with Crippen molar-refractivity contribution in [3.05, 3.63) is 66.2 Å². The first-order chi connectivity index (χ1) is 13.3. The highest BCUT2D eigenvalue weighted by molar-refractivity contribution is 5.77. The molecule has 0 unspecified atom stereocenters. The van der Waals surface area contributed by atoms with Crippen LogP contribution in [0.4, 0.5) is 17.3 Å². The number of benzene rings is 2. The van der Waals surface area contributed by atoms with Gasteiger partial charge in [0.2, 0.25) is 0 Å². The zero-order valence-electron chi connectivity index (χ0n) is 15.8. The largest absolute Gasteiger partial charge is 0.393 e. The molecule has 0 aliphatic heterocycles. The van der Waals surface area contributed by atoms with Crippen molar-refractivity contribution in [1.29, 1.82) is 0 Å². The molecule has 0 radical (unpaired) electrons. The average molecular weight is 361 g/mol. The number of hydrogen-bond acceptors (Lipinski definition) is 5. The molecule has 2 aromatic carbocycles. The minimum atomic E-state index is 0.558. The van der Waals surface area contributed by atoms with E-state index in [0.29, 0.717) is 29.7 Å². The Balaban J connectivity index is 1.85. The lowest BCUT2D eigenvalue weighted by atomic mass is 10.2. The summed E-state index contributed by atoms with van der Waals surface area (Å²) >= 11 is 0.